The van der Waals surface area contributed by atoms with Gasteiger partial charge in [-0.3, -0.25) is 20.2 Å². The van der Waals surface area contributed by atoms with Crippen molar-refractivity contribution in [2.45, 2.75) is 0 Å². The average molecular weight is 272 g/mol. The lowest BCUT2D eigenvalue weighted by Gasteiger charge is -1.97. The molecule has 1 aromatic carbocycles. The van der Waals surface area contributed by atoms with Gasteiger partial charge in [0, 0.05) is 10.5 Å². The van der Waals surface area contributed by atoms with Gasteiger partial charge in [-0.2, -0.15) is 5.26 Å². The first-order valence-corrected chi connectivity index (χ1v) is 4.29. The van der Waals surface area contributed by atoms with Crippen LogP contribution in [0.2, 0.25) is 0 Å². The maximum absolute atomic E-state index is 10.5. The Balaban J connectivity index is 3.54. The molecule has 0 radical (unpaired) electrons. The van der Waals surface area contributed by atoms with Crippen LogP contribution < -0.4 is 0 Å². The molecule has 76 valence electrons. The van der Waals surface area contributed by atoms with Crippen LogP contribution >= 0.6 is 15.9 Å². The van der Waals surface area contributed by atoms with Crippen molar-refractivity contribution in [1.29, 1.82) is 5.26 Å². The summed E-state index contributed by atoms with van der Waals surface area (Å²) in [7, 11) is 0. The summed E-state index contributed by atoms with van der Waals surface area (Å²) >= 11 is 2.86. The summed E-state index contributed by atoms with van der Waals surface area (Å²) in [5, 5.41) is 29.5. The lowest BCUT2D eigenvalue weighted by atomic mass is 10.2. The Kier molecular flexibility index (Phi) is 2.96. The molecular formula is C7H2BrN3O4. The maximum Gasteiger partial charge on any atom is 0.295 e. The number of rotatable bonds is 2. The highest BCUT2D eigenvalue weighted by Gasteiger charge is 2.22. The quantitative estimate of drug-likeness (QED) is 0.604. The minimum Gasteiger partial charge on any atom is -0.258 e. The van der Waals surface area contributed by atoms with Crippen LogP contribution in [-0.2, 0) is 0 Å². The fourth-order valence-electron chi connectivity index (χ4n) is 0.938. The van der Waals surface area contributed by atoms with Crippen molar-refractivity contribution in [3.05, 3.63) is 42.4 Å². The second kappa shape index (κ2) is 4.02. The molecule has 0 aromatic heterocycles. The lowest BCUT2D eigenvalue weighted by Crippen LogP contribution is -1.96. The first kappa shape index (κ1) is 11.1. The predicted octanol–water partition coefficient (Wildman–Crippen LogP) is 2.14. The minimum absolute atomic E-state index is 0.0332. The van der Waals surface area contributed by atoms with Crippen LogP contribution in [0.25, 0.3) is 0 Å². The van der Waals surface area contributed by atoms with Crippen LogP contribution in [0.4, 0.5) is 11.4 Å². The van der Waals surface area contributed by atoms with Crippen molar-refractivity contribution in [3.63, 3.8) is 0 Å². The smallest absolute Gasteiger partial charge is 0.258 e. The molecule has 0 N–H and O–H groups in total. The van der Waals surface area contributed by atoms with Crippen molar-refractivity contribution >= 4 is 27.3 Å². The summed E-state index contributed by atoms with van der Waals surface area (Å²) in [6.45, 7) is 0. The van der Waals surface area contributed by atoms with E-state index in [1.165, 1.54) is 0 Å². The third-order valence-corrected chi connectivity index (χ3v) is 2.20. The molecule has 0 saturated carbocycles. The van der Waals surface area contributed by atoms with Crippen molar-refractivity contribution in [1.82, 2.24) is 0 Å². The molecule has 0 bridgehead atoms. The van der Waals surface area contributed by atoms with Gasteiger partial charge >= 0.3 is 0 Å². The van der Waals surface area contributed by atoms with Gasteiger partial charge < -0.3 is 0 Å². The molecule has 0 aliphatic heterocycles. The van der Waals surface area contributed by atoms with Gasteiger partial charge in [-0.15, -0.1) is 0 Å². The Labute approximate surface area is 91.4 Å². The second-order valence-corrected chi connectivity index (χ2v) is 3.30. The molecule has 1 aromatic rings. The highest BCUT2D eigenvalue weighted by atomic mass is 79.9. The molecule has 0 saturated heterocycles. The zero-order valence-electron chi connectivity index (χ0n) is 7.01. The molecule has 15 heavy (non-hydrogen) atoms. The van der Waals surface area contributed by atoms with Crippen LogP contribution in [0, 0.1) is 31.6 Å². The van der Waals surface area contributed by atoms with E-state index in [2.05, 4.69) is 15.9 Å². The maximum atomic E-state index is 10.5. The molecule has 0 unspecified atom stereocenters. The summed E-state index contributed by atoms with van der Waals surface area (Å²) < 4.78 is 0.0332. The summed E-state index contributed by atoms with van der Waals surface area (Å²) in [4.78, 5) is 19.3. The Hall–Kier alpha value is -2.01. The third kappa shape index (κ3) is 2.08. The molecule has 0 amide bonds. The Morgan fingerprint density at radius 3 is 2.27 bits per heavy atom. The molecule has 0 heterocycles. The predicted molar refractivity (Wildman–Crippen MR) is 52.2 cm³/mol. The summed E-state index contributed by atoms with van der Waals surface area (Å²) in [5.74, 6) is 0. The van der Waals surface area contributed by atoms with Gasteiger partial charge in [0.05, 0.1) is 15.9 Å². The number of hydrogen-bond donors (Lipinski definition) is 0. The van der Waals surface area contributed by atoms with E-state index in [1.807, 2.05) is 0 Å². The highest BCUT2D eigenvalue weighted by molar-refractivity contribution is 9.10. The van der Waals surface area contributed by atoms with Crippen molar-refractivity contribution in [3.8, 4) is 6.07 Å². The molecule has 0 fully saturated rings. The van der Waals surface area contributed by atoms with Crippen molar-refractivity contribution in [2.24, 2.45) is 0 Å². The molecule has 0 aliphatic rings. The molecule has 7 nitrogen and oxygen atoms in total. The highest BCUT2D eigenvalue weighted by Crippen LogP contribution is 2.31. The Morgan fingerprint density at radius 2 is 1.87 bits per heavy atom. The SMILES string of the molecule is N#Cc1c(Br)cc([N+](=O)[O-])cc1[N+](=O)[O-]. The topological polar surface area (TPSA) is 110 Å². The fraction of sp³-hybridized carbons (Fsp3) is 0. The van der Waals surface area contributed by atoms with E-state index < -0.39 is 21.2 Å². The molecule has 0 spiro atoms. The van der Waals surface area contributed by atoms with Crippen LogP contribution in [0.3, 0.4) is 0 Å². The summed E-state index contributed by atoms with van der Waals surface area (Å²) in [6, 6.07) is 3.40. The van der Waals surface area contributed by atoms with E-state index in [4.69, 9.17) is 5.26 Å². The number of hydrogen-bond acceptors (Lipinski definition) is 5. The van der Waals surface area contributed by atoms with Gasteiger partial charge in [0.1, 0.15) is 11.6 Å². The van der Waals surface area contributed by atoms with Gasteiger partial charge in [0.25, 0.3) is 11.4 Å². The zero-order valence-corrected chi connectivity index (χ0v) is 8.59. The Bertz CT molecular complexity index is 494. The van der Waals surface area contributed by atoms with E-state index in [0.29, 0.717) is 0 Å². The van der Waals surface area contributed by atoms with Crippen molar-refractivity contribution < 1.29 is 9.85 Å². The zero-order chi connectivity index (χ0) is 11.6. The van der Waals surface area contributed by atoms with Gasteiger partial charge in [0.15, 0.2) is 0 Å². The van der Waals surface area contributed by atoms with E-state index in [1.54, 1.807) is 6.07 Å². The normalized spacial score (nSPS) is 9.33. The van der Waals surface area contributed by atoms with Gasteiger partial charge in [-0.05, 0) is 15.9 Å². The Morgan fingerprint density at radius 1 is 1.27 bits per heavy atom. The number of benzene rings is 1. The average Bonchev–Trinajstić information content (AvgIpc) is 2.16. The third-order valence-electron chi connectivity index (χ3n) is 1.57. The number of nitrogens with zero attached hydrogens (tertiary/aromatic N) is 3. The van der Waals surface area contributed by atoms with E-state index in [9.17, 15) is 20.2 Å². The number of halogens is 1. The van der Waals surface area contributed by atoms with E-state index in [0.717, 1.165) is 12.1 Å². The van der Waals surface area contributed by atoms with Gasteiger partial charge in [-0.1, -0.05) is 0 Å². The number of nitriles is 1. The summed E-state index contributed by atoms with van der Waals surface area (Å²) in [6.07, 6.45) is 0. The fourth-order valence-corrected chi connectivity index (χ4v) is 1.46. The number of nitro benzene ring substituents is 2. The second-order valence-electron chi connectivity index (χ2n) is 2.45. The van der Waals surface area contributed by atoms with E-state index >= 15 is 0 Å². The van der Waals surface area contributed by atoms with Crippen LogP contribution in [0.1, 0.15) is 5.56 Å². The first-order valence-electron chi connectivity index (χ1n) is 3.49. The van der Waals surface area contributed by atoms with Gasteiger partial charge in [0.2, 0.25) is 0 Å². The monoisotopic (exact) mass is 271 g/mol. The van der Waals surface area contributed by atoms with Crippen LogP contribution in [0.15, 0.2) is 16.6 Å². The number of non-ortho nitro benzene ring substituents is 1. The van der Waals surface area contributed by atoms with Crippen LogP contribution in [0.5, 0.6) is 0 Å². The molecule has 0 aliphatic carbocycles. The van der Waals surface area contributed by atoms with Crippen LogP contribution in [-0.4, -0.2) is 9.85 Å². The molecule has 0 atom stereocenters. The standard InChI is InChI=1S/C7H2BrN3O4/c8-6-1-4(10(12)13)2-7(11(14)15)5(6)3-9/h1-2H. The van der Waals surface area contributed by atoms with E-state index in [-0.39, 0.29) is 10.0 Å². The van der Waals surface area contributed by atoms with Crippen molar-refractivity contribution in [2.75, 3.05) is 0 Å². The number of nitro groups is 2. The molecular weight excluding hydrogens is 270 g/mol. The molecule has 8 heteroatoms. The largest absolute Gasteiger partial charge is 0.295 e. The lowest BCUT2D eigenvalue weighted by molar-refractivity contribution is -0.394. The minimum atomic E-state index is -0.837. The molecule has 1 rings (SSSR count). The summed E-state index contributed by atoms with van der Waals surface area (Å²) in [5.41, 5.74) is -1.25. The van der Waals surface area contributed by atoms with Gasteiger partial charge in [-0.25, -0.2) is 0 Å². The first-order chi connectivity index (χ1) is 6.97.